The van der Waals surface area contributed by atoms with Crippen molar-refractivity contribution in [2.45, 2.75) is 60.1 Å². The van der Waals surface area contributed by atoms with E-state index in [0.29, 0.717) is 13.1 Å². The lowest BCUT2D eigenvalue weighted by Crippen LogP contribution is -2.46. The Morgan fingerprint density at radius 2 is 1.74 bits per heavy atom. The third-order valence-electron chi connectivity index (χ3n) is 2.44. The molecule has 5 heteroatoms. The second-order valence-corrected chi connectivity index (χ2v) is 6.08. The van der Waals surface area contributed by atoms with E-state index in [1.54, 1.807) is 4.90 Å². The maximum atomic E-state index is 11.9. The van der Waals surface area contributed by atoms with Crippen molar-refractivity contribution in [2.75, 3.05) is 13.1 Å². The Hall–Kier alpha value is -1.26. The molecule has 0 aliphatic rings. The summed E-state index contributed by atoms with van der Waals surface area (Å²) in [6.45, 7) is 14.1. The monoisotopic (exact) mass is 272 g/mol. The predicted molar refractivity (Wildman–Crippen MR) is 75.9 cm³/mol. The maximum Gasteiger partial charge on any atom is 0.407 e. The van der Waals surface area contributed by atoms with E-state index >= 15 is 0 Å². The van der Waals surface area contributed by atoms with E-state index < -0.39 is 11.7 Å². The number of hydrogen-bond donors (Lipinski definition) is 1. The van der Waals surface area contributed by atoms with Crippen molar-refractivity contribution in [2.24, 2.45) is 5.92 Å². The molecule has 0 aromatic carbocycles. The van der Waals surface area contributed by atoms with Crippen molar-refractivity contribution < 1.29 is 14.3 Å². The van der Waals surface area contributed by atoms with Gasteiger partial charge in [0.05, 0.1) is 0 Å². The van der Waals surface area contributed by atoms with Gasteiger partial charge in [-0.05, 0) is 34.6 Å². The van der Waals surface area contributed by atoms with E-state index in [4.69, 9.17) is 4.74 Å². The third-order valence-corrected chi connectivity index (χ3v) is 2.44. The highest BCUT2D eigenvalue weighted by Gasteiger charge is 2.21. The molecule has 0 bridgehead atoms. The fourth-order valence-electron chi connectivity index (χ4n) is 1.63. The molecule has 0 radical (unpaired) electrons. The van der Waals surface area contributed by atoms with Gasteiger partial charge in [0.2, 0.25) is 5.91 Å². The number of amides is 2. The Kier molecular flexibility index (Phi) is 6.87. The first-order chi connectivity index (χ1) is 8.56. The van der Waals surface area contributed by atoms with Crippen molar-refractivity contribution >= 4 is 12.0 Å². The molecule has 2 amide bonds. The third kappa shape index (κ3) is 7.70. The molecule has 112 valence electrons. The summed E-state index contributed by atoms with van der Waals surface area (Å²) >= 11 is 0. The van der Waals surface area contributed by atoms with Crippen molar-refractivity contribution in [1.29, 1.82) is 0 Å². The largest absolute Gasteiger partial charge is 0.444 e. The van der Waals surface area contributed by atoms with E-state index in [0.717, 1.165) is 0 Å². The lowest BCUT2D eigenvalue weighted by atomic mass is 10.1. The first-order valence-electron chi connectivity index (χ1n) is 6.85. The number of ether oxygens (including phenoxy) is 1. The van der Waals surface area contributed by atoms with Gasteiger partial charge in [-0.3, -0.25) is 4.79 Å². The van der Waals surface area contributed by atoms with Crippen LogP contribution >= 0.6 is 0 Å². The maximum absolute atomic E-state index is 11.9. The van der Waals surface area contributed by atoms with E-state index in [-0.39, 0.29) is 17.9 Å². The number of carbonyl (C=O) groups excluding carboxylic acids is 2. The average Bonchev–Trinajstić information content (AvgIpc) is 2.21. The van der Waals surface area contributed by atoms with Crippen LogP contribution in [-0.2, 0) is 9.53 Å². The second kappa shape index (κ2) is 7.36. The minimum absolute atomic E-state index is 0.0336. The minimum Gasteiger partial charge on any atom is -0.444 e. The average molecular weight is 272 g/mol. The normalized spacial score (nSPS) is 13.1. The van der Waals surface area contributed by atoms with Crippen LogP contribution in [0.25, 0.3) is 0 Å². The molecule has 0 aliphatic carbocycles. The van der Waals surface area contributed by atoms with Gasteiger partial charge in [0, 0.05) is 25.0 Å². The zero-order valence-electron chi connectivity index (χ0n) is 13.2. The summed E-state index contributed by atoms with van der Waals surface area (Å²) in [4.78, 5) is 25.3. The first-order valence-corrected chi connectivity index (χ1v) is 6.85. The minimum atomic E-state index is -0.512. The summed E-state index contributed by atoms with van der Waals surface area (Å²) in [6.07, 6.45) is -0.451. The van der Waals surface area contributed by atoms with Crippen LogP contribution in [0.3, 0.4) is 0 Å². The summed E-state index contributed by atoms with van der Waals surface area (Å²) in [7, 11) is 0. The van der Waals surface area contributed by atoms with Gasteiger partial charge in [-0.2, -0.15) is 0 Å². The molecule has 0 spiro atoms. The zero-order valence-corrected chi connectivity index (χ0v) is 13.2. The lowest BCUT2D eigenvalue weighted by molar-refractivity contribution is -0.134. The molecule has 0 saturated heterocycles. The first kappa shape index (κ1) is 17.7. The lowest BCUT2D eigenvalue weighted by Gasteiger charge is -2.27. The van der Waals surface area contributed by atoms with Crippen molar-refractivity contribution in [3.05, 3.63) is 0 Å². The smallest absolute Gasteiger partial charge is 0.407 e. The van der Waals surface area contributed by atoms with E-state index in [1.165, 1.54) is 0 Å². The molecule has 0 fully saturated rings. The van der Waals surface area contributed by atoms with Crippen LogP contribution in [0.4, 0.5) is 4.79 Å². The van der Waals surface area contributed by atoms with Gasteiger partial charge in [0.15, 0.2) is 0 Å². The number of carbonyl (C=O) groups is 2. The Morgan fingerprint density at radius 3 is 2.11 bits per heavy atom. The van der Waals surface area contributed by atoms with Gasteiger partial charge >= 0.3 is 6.09 Å². The molecule has 0 aliphatic heterocycles. The van der Waals surface area contributed by atoms with Crippen LogP contribution in [0.15, 0.2) is 0 Å². The molecule has 19 heavy (non-hydrogen) atoms. The van der Waals surface area contributed by atoms with Crippen LogP contribution < -0.4 is 5.32 Å². The van der Waals surface area contributed by atoms with Crippen LogP contribution in [0.1, 0.15) is 48.5 Å². The predicted octanol–water partition coefficient (Wildman–Crippen LogP) is 2.40. The topological polar surface area (TPSA) is 58.6 Å². The molecule has 5 nitrogen and oxygen atoms in total. The molecule has 0 aromatic rings. The number of nitrogens with one attached hydrogen (secondary N) is 1. The van der Waals surface area contributed by atoms with Gasteiger partial charge < -0.3 is 15.0 Å². The molecule has 1 N–H and O–H groups in total. The standard InChI is InChI=1S/C14H28N2O3/c1-8-16(12(17)10(2)3)9-11(4)15-13(18)19-14(5,6)7/h10-11H,8-9H2,1-7H3,(H,15,18)/t11-/m1/s1. The Bertz CT molecular complexity index is 308. The summed E-state index contributed by atoms with van der Waals surface area (Å²) in [5, 5.41) is 2.74. The molecule has 0 heterocycles. The van der Waals surface area contributed by atoms with Crippen LogP contribution in [0, 0.1) is 5.92 Å². The summed E-state index contributed by atoms with van der Waals surface area (Å²) in [6, 6.07) is -0.141. The number of likely N-dealkylation sites (N-methyl/N-ethyl adjacent to an activating group) is 1. The van der Waals surface area contributed by atoms with Crippen molar-refractivity contribution in [3.63, 3.8) is 0 Å². The van der Waals surface area contributed by atoms with Gasteiger partial charge in [0.25, 0.3) is 0 Å². The molecule has 0 unspecified atom stereocenters. The highest BCUT2D eigenvalue weighted by molar-refractivity contribution is 5.78. The number of alkyl carbamates (subject to hydrolysis) is 1. The van der Waals surface area contributed by atoms with Crippen molar-refractivity contribution in [1.82, 2.24) is 10.2 Å². The van der Waals surface area contributed by atoms with Gasteiger partial charge in [-0.15, -0.1) is 0 Å². The van der Waals surface area contributed by atoms with Gasteiger partial charge in [-0.25, -0.2) is 4.79 Å². The number of rotatable bonds is 5. The fourth-order valence-corrected chi connectivity index (χ4v) is 1.63. The van der Waals surface area contributed by atoms with E-state index in [2.05, 4.69) is 5.32 Å². The molecular formula is C14H28N2O3. The summed E-state index contributed by atoms with van der Waals surface area (Å²) in [5.41, 5.74) is -0.512. The van der Waals surface area contributed by atoms with Crippen molar-refractivity contribution in [3.8, 4) is 0 Å². The number of nitrogens with zero attached hydrogens (tertiary/aromatic N) is 1. The van der Waals surface area contributed by atoms with E-state index in [1.807, 2.05) is 48.5 Å². The summed E-state index contributed by atoms with van der Waals surface area (Å²) in [5.74, 6) is 0.0639. The molecule has 0 rings (SSSR count). The molecule has 1 atom stereocenters. The zero-order chi connectivity index (χ0) is 15.2. The fraction of sp³-hybridized carbons (Fsp3) is 0.857. The Labute approximate surface area is 116 Å². The van der Waals surface area contributed by atoms with Crippen LogP contribution in [-0.4, -0.2) is 41.6 Å². The Morgan fingerprint density at radius 1 is 1.21 bits per heavy atom. The SMILES string of the molecule is CCN(C[C@@H](C)NC(=O)OC(C)(C)C)C(=O)C(C)C. The number of hydrogen-bond acceptors (Lipinski definition) is 3. The second-order valence-electron chi connectivity index (χ2n) is 6.08. The van der Waals surface area contributed by atoms with Gasteiger partial charge in [-0.1, -0.05) is 13.8 Å². The van der Waals surface area contributed by atoms with Crippen LogP contribution in [0.5, 0.6) is 0 Å². The summed E-state index contributed by atoms with van der Waals surface area (Å²) < 4.78 is 5.18. The van der Waals surface area contributed by atoms with E-state index in [9.17, 15) is 9.59 Å². The van der Waals surface area contributed by atoms with Gasteiger partial charge in [0.1, 0.15) is 5.60 Å². The molecular weight excluding hydrogens is 244 g/mol. The molecule has 0 aromatic heterocycles. The highest BCUT2D eigenvalue weighted by atomic mass is 16.6. The molecule has 0 saturated carbocycles. The highest BCUT2D eigenvalue weighted by Crippen LogP contribution is 2.07. The Balaban J connectivity index is 4.32. The van der Waals surface area contributed by atoms with Crippen LogP contribution in [0.2, 0.25) is 0 Å². The quantitative estimate of drug-likeness (QED) is 0.836.